The van der Waals surface area contributed by atoms with Crippen molar-refractivity contribution in [3.05, 3.63) is 34.3 Å². The van der Waals surface area contributed by atoms with Crippen LogP contribution in [0.3, 0.4) is 0 Å². The number of halogens is 1. The third kappa shape index (κ3) is 3.39. The van der Waals surface area contributed by atoms with Crippen LogP contribution in [0.1, 0.15) is 25.8 Å². The normalized spacial score (nSPS) is 21.4. The highest BCUT2D eigenvalue weighted by molar-refractivity contribution is 9.10. The van der Waals surface area contributed by atoms with E-state index >= 15 is 0 Å². The van der Waals surface area contributed by atoms with Crippen molar-refractivity contribution >= 4 is 27.8 Å². The molecule has 0 radical (unpaired) electrons. The van der Waals surface area contributed by atoms with Crippen molar-refractivity contribution < 1.29 is 14.7 Å². The van der Waals surface area contributed by atoms with Gasteiger partial charge in [0.1, 0.15) is 0 Å². The Balaban J connectivity index is 1.93. The van der Waals surface area contributed by atoms with E-state index in [1.807, 2.05) is 24.3 Å². The average molecular weight is 340 g/mol. The number of carbonyl (C=O) groups is 2. The number of carbonyl (C=O) groups excluding carboxylic acids is 1. The number of hydrogen-bond donors (Lipinski definition) is 2. The van der Waals surface area contributed by atoms with Crippen molar-refractivity contribution in [2.45, 2.75) is 25.7 Å². The first-order valence-electron chi connectivity index (χ1n) is 6.58. The van der Waals surface area contributed by atoms with E-state index in [9.17, 15) is 9.59 Å². The van der Waals surface area contributed by atoms with Crippen LogP contribution in [0.15, 0.2) is 28.7 Å². The minimum absolute atomic E-state index is 0.152. The molecule has 1 fully saturated rings. The van der Waals surface area contributed by atoms with Crippen LogP contribution >= 0.6 is 15.9 Å². The molecule has 4 nitrogen and oxygen atoms in total. The Bertz CT molecular complexity index is 542. The van der Waals surface area contributed by atoms with Crippen LogP contribution in [-0.2, 0) is 15.0 Å². The van der Waals surface area contributed by atoms with E-state index in [1.165, 1.54) is 0 Å². The summed E-state index contributed by atoms with van der Waals surface area (Å²) in [5, 5.41) is 11.7. The van der Waals surface area contributed by atoms with Crippen LogP contribution in [0, 0.1) is 11.8 Å². The molecule has 1 aliphatic rings. The van der Waals surface area contributed by atoms with Gasteiger partial charge in [-0.15, -0.1) is 0 Å². The van der Waals surface area contributed by atoms with Gasteiger partial charge in [-0.2, -0.15) is 0 Å². The average Bonchev–Trinajstić information content (AvgIpc) is 3.16. The molecule has 2 unspecified atom stereocenters. The number of benzene rings is 1. The summed E-state index contributed by atoms with van der Waals surface area (Å²) in [6, 6.07) is 7.97. The second kappa shape index (κ2) is 5.56. The standard InChI is InChI=1S/C15H18BrNO3/c1-15(2,9-4-3-5-10(16)6-9)8-17-13(18)11-7-12(11)14(19)20/h3-6,11-12H,7-8H2,1-2H3,(H,17,18)(H,19,20). The molecule has 0 spiro atoms. The summed E-state index contributed by atoms with van der Waals surface area (Å²) in [7, 11) is 0. The summed E-state index contributed by atoms with van der Waals surface area (Å²) in [5.41, 5.74) is 0.922. The molecule has 1 amide bonds. The molecular formula is C15H18BrNO3. The summed E-state index contributed by atoms with van der Waals surface area (Å²) in [6.45, 7) is 4.60. The Morgan fingerprint density at radius 2 is 2.10 bits per heavy atom. The molecule has 1 aromatic carbocycles. The fraction of sp³-hybridized carbons (Fsp3) is 0.467. The van der Waals surface area contributed by atoms with E-state index in [-0.39, 0.29) is 17.2 Å². The van der Waals surface area contributed by atoms with Crippen molar-refractivity contribution in [3.63, 3.8) is 0 Å². The summed E-state index contributed by atoms with van der Waals surface area (Å²) in [4.78, 5) is 22.6. The molecule has 1 saturated carbocycles. The Labute approximate surface area is 126 Å². The Morgan fingerprint density at radius 1 is 1.40 bits per heavy atom. The van der Waals surface area contributed by atoms with Gasteiger partial charge in [0, 0.05) is 16.4 Å². The monoisotopic (exact) mass is 339 g/mol. The Morgan fingerprint density at radius 3 is 2.65 bits per heavy atom. The number of amides is 1. The molecule has 2 rings (SSSR count). The van der Waals surface area contributed by atoms with Crippen LogP contribution in [0.25, 0.3) is 0 Å². The fourth-order valence-electron chi connectivity index (χ4n) is 2.21. The van der Waals surface area contributed by atoms with Crippen LogP contribution < -0.4 is 5.32 Å². The summed E-state index contributed by atoms with van der Waals surface area (Å²) in [6.07, 6.45) is 0.457. The van der Waals surface area contributed by atoms with Gasteiger partial charge in [0.25, 0.3) is 0 Å². The van der Waals surface area contributed by atoms with Crippen LogP contribution in [0.4, 0.5) is 0 Å². The van der Waals surface area contributed by atoms with Gasteiger partial charge in [0.15, 0.2) is 0 Å². The smallest absolute Gasteiger partial charge is 0.307 e. The summed E-state index contributed by atoms with van der Waals surface area (Å²) in [5.74, 6) is -1.88. The molecule has 0 bridgehead atoms. The SMILES string of the molecule is CC(C)(CNC(=O)C1CC1C(=O)O)c1cccc(Br)c1. The number of carboxylic acid groups (broad SMARTS) is 1. The van der Waals surface area contributed by atoms with E-state index in [4.69, 9.17) is 5.11 Å². The molecule has 0 aromatic heterocycles. The van der Waals surface area contributed by atoms with E-state index < -0.39 is 11.9 Å². The highest BCUT2D eigenvalue weighted by atomic mass is 79.9. The number of carboxylic acids is 1. The van der Waals surface area contributed by atoms with Gasteiger partial charge in [0.2, 0.25) is 5.91 Å². The molecule has 108 valence electrons. The number of rotatable bonds is 5. The second-order valence-corrected chi connectivity index (χ2v) is 6.81. The van der Waals surface area contributed by atoms with Gasteiger partial charge in [-0.3, -0.25) is 9.59 Å². The molecule has 1 aromatic rings. The predicted octanol–water partition coefficient (Wildman–Crippen LogP) is 2.56. The van der Waals surface area contributed by atoms with Gasteiger partial charge in [-0.05, 0) is 24.1 Å². The van der Waals surface area contributed by atoms with Gasteiger partial charge < -0.3 is 10.4 Å². The quantitative estimate of drug-likeness (QED) is 0.866. The third-order valence-corrected chi connectivity index (χ3v) is 4.25. The molecular weight excluding hydrogens is 322 g/mol. The van der Waals surface area contributed by atoms with Gasteiger partial charge >= 0.3 is 5.97 Å². The van der Waals surface area contributed by atoms with Crippen molar-refractivity contribution in [2.75, 3.05) is 6.54 Å². The largest absolute Gasteiger partial charge is 0.481 e. The molecule has 1 aliphatic carbocycles. The summed E-state index contributed by atoms with van der Waals surface area (Å²) >= 11 is 3.44. The first kappa shape index (κ1) is 15.0. The van der Waals surface area contributed by atoms with Gasteiger partial charge in [0.05, 0.1) is 11.8 Å². The molecule has 0 heterocycles. The topological polar surface area (TPSA) is 66.4 Å². The van der Waals surface area contributed by atoms with Gasteiger partial charge in [-0.25, -0.2) is 0 Å². The van der Waals surface area contributed by atoms with Crippen molar-refractivity contribution in [1.82, 2.24) is 5.32 Å². The molecule has 0 saturated heterocycles. The van der Waals surface area contributed by atoms with Crippen LogP contribution in [0.2, 0.25) is 0 Å². The Hall–Kier alpha value is -1.36. The number of aliphatic carboxylic acids is 1. The maximum absolute atomic E-state index is 11.9. The van der Waals surface area contributed by atoms with Crippen LogP contribution in [0.5, 0.6) is 0 Å². The van der Waals surface area contributed by atoms with E-state index in [0.29, 0.717) is 13.0 Å². The molecule has 2 N–H and O–H groups in total. The Kier molecular flexibility index (Phi) is 4.18. The first-order valence-corrected chi connectivity index (χ1v) is 7.37. The van der Waals surface area contributed by atoms with E-state index in [0.717, 1.165) is 10.0 Å². The lowest BCUT2D eigenvalue weighted by Gasteiger charge is -2.26. The zero-order valence-corrected chi connectivity index (χ0v) is 13.1. The van der Waals surface area contributed by atoms with Crippen molar-refractivity contribution in [3.8, 4) is 0 Å². The van der Waals surface area contributed by atoms with E-state index in [2.05, 4.69) is 35.1 Å². The maximum Gasteiger partial charge on any atom is 0.307 e. The zero-order chi connectivity index (χ0) is 14.9. The van der Waals surface area contributed by atoms with Crippen molar-refractivity contribution in [2.24, 2.45) is 11.8 Å². The lowest BCUT2D eigenvalue weighted by Crippen LogP contribution is -2.37. The van der Waals surface area contributed by atoms with Crippen LogP contribution in [-0.4, -0.2) is 23.5 Å². The van der Waals surface area contributed by atoms with Crippen molar-refractivity contribution in [1.29, 1.82) is 0 Å². The number of nitrogens with one attached hydrogen (secondary N) is 1. The molecule has 20 heavy (non-hydrogen) atoms. The lowest BCUT2D eigenvalue weighted by atomic mass is 9.84. The summed E-state index contributed by atoms with van der Waals surface area (Å²) < 4.78 is 1.00. The van der Waals surface area contributed by atoms with E-state index in [1.54, 1.807) is 0 Å². The second-order valence-electron chi connectivity index (χ2n) is 5.90. The zero-order valence-electron chi connectivity index (χ0n) is 11.5. The lowest BCUT2D eigenvalue weighted by molar-refractivity contribution is -0.140. The molecule has 2 atom stereocenters. The minimum atomic E-state index is -0.878. The maximum atomic E-state index is 11.9. The molecule has 0 aliphatic heterocycles. The number of hydrogen-bond acceptors (Lipinski definition) is 2. The fourth-order valence-corrected chi connectivity index (χ4v) is 2.61. The molecule has 5 heteroatoms. The minimum Gasteiger partial charge on any atom is -0.481 e. The predicted molar refractivity (Wildman–Crippen MR) is 79.4 cm³/mol. The highest BCUT2D eigenvalue weighted by Gasteiger charge is 2.48. The van der Waals surface area contributed by atoms with Gasteiger partial charge in [-0.1, -0.05) is 41.9 Å². The first-order chi connectivity index (χ1) is 9.31. The third-order valence-electron chi connectivity index (χ3n) is 3.76. The highest BCUT2D eigenvalue weighted by Crippen LogP contribution is 2.38.